The first kappa shape index (κ1) is 13.6. The number of nitrogens with zero attached hydrogens (tertiary/aromatic N) is 3. The van der Waals surface area contributed by atoms with E-state index in [4.69, 9.17) is 16.7 Å². The Kier molecular flexibility index (Phi) is 4.32. The maximum absolute atomic E-state index is 5.41. The molecular formula is C14H15N3OS2. The molecule has 0 radical (unpaired) electrons. The van der Waals surface area contributed by atoms with E-state index in [1.807, 2.05) is 30.3 Å². The third-order valence-electron chi connectivity index (χ3n) is 3.18. The monoisotopic (exact) mass is 305 g/mol. The van der Waals surface area contributed by atoms with E-state index in [1.165, 1.54) is 12.8 Å². The van der Waals surface area contributed by atoms with Crippen molar-refractivity contribution in [2.45, 2.75) is 18.6 Å². The molecule has 0 aliphatic carbocycles. The summed E-state index contributed by atoms with van der Waals surface area (Å²) in [6, 6.07) is 9.83. The summed E-state index contributed by atoms with van der Waals surface area (Å²) in [5, 5.41) is 4.01. The molecular weight excluding hydrogens is 290 g/mol. The molecule has 0 unspecified atom stereocenters. The van der Waals surface area contributed by atoms with E-state index < -0.39 is 0 Å². The zero-order valence-corrected chi connectivity index (χ0v) is 12.6. The molecule has 6 heteroatoms. The first-order valence-electron chi connectivity index (χ1n) is 6.62. The minimum absolute atomic E-state index is 0.621. The fraction of sp³-hybridized carbons (Fsp3) is 0.357. The minimum Gasteiger partial charge on any atom is -0.358 e. The molecule has 20 heavy (non-hydrogen) atoms. The highest BCUT2D eigenvalue weighted by molar-refractivity contribution is 8.22. The number of thioether (sulfide) groups is 1. The summed E-state index contributed by atoms with van der Waals surface area (Å²) in [6.45, 7) is 2.15. The third-order valence-corrected chi connectivity index (χ3v) is 4.69. The average Bonchev–Trinajstić information content (AvgIpc) is 3.17. The van der Waals surface area contributed by atoms with E-state index in [9.17, 15) is 0 Å². The van der Waals surface area contributed by atoms with Gasteiger partial charge in [-0.1, -0.05) is 59.5 Å². The van der Waals surface area contributed by atoms with Crippen LogP contribution in [0, 0.1) is 0 Å². The zero-order chi connectivity index (χ0) is 13.8. The molecule has 1 saturated heterocycles. The van der Waals surface area contributed by atoms with E-state index in [0.717, 1.165) is 23.0 Å². The lowest BCUT2D eigenvalue weighted by molar-refractivity contribution is 0.392. The SMILES string of the molecule is S=C(SCc1nc(-c2ccccc2)no1)N1CCCC1. The van der Waals surface area contributed by atoms with Gasteiger partial charge in [0.05, 0.1) is 5.75 Å². The Balaban J connectivity index is 1.59. The molecule has 4 nitrogen and oxygen atoms in total. The van der Waals surface area contributed by atoms with Gasteiger partial charge in [-0.2, -0.15) is 4.98 Å². The first-order valence-corrected chi connectivity index (χ1v) is 8.02. The fourth-order valence-corrected chi connectivity index (χ4v) is 3.22. The number of hydrogen-bond donors (Lipinski definition) is 0. The van der Waals surface area contributed by atoms with Crippen molar-refractivity contribution in [2.75, 3.05) is 13.1 Å². The van der Waals surface area contributed by atoms with Crippen molar-refractivity contribution in [3.63, 3.8) is 0 Å². The normalized spacial score (nSPS) is 14.7. The smallest absolute Gasteiger partial charge is 0.237 e. The molecule has 1 aliphatic heterocycles. The highest BCUT2D eigenvalue weighted by Crippen LogP contribution is 2.21. The lowest BCUT2D eigenvalue weighted by Crippen LogP contribution is -2.23. The number of benzene rings is 1. The predicted octanol–water partition coefficient (Wildman–Crippen LogP) is 3.35. The predicted molar refractivity (Wildman–Crippen MR) is 84.4 cm³/mol. The van der Waals surface area contributed by atoms with Gasteiger partial charge in [0, 0.05) is 18.7 Å². The van der Waals surface area contributed by atoms with Crippen LogP contribution < -0.4 is 0 Å². The molecule has 104 valence electrons. The average molecular weight is 305 g/mol. The van der Waals surface area contributed by atoms with Crippen molar-refractivity contribution >= 4 is 28.3 Å². The van der Waals surface area contributed by atoms with Gasteiger partial charge < -0.3 is 9.42 Å². The van der Waals surface area contributed by atoms with Gasteiger partial charge in [-0.05, 0) is 12.8 Å². The van der Waals surface area contributed by atoms with Crippen LogP contribution in [-0.2, 0) is 5.75 Å². The molecule has 0 spiro atoms. The van der Waals surface area contributed by atoms with Crippen molar-refractivity contribution in [2.24, 2.45) is 0 Å². The molecule has 0 amide bonds. The molecule has 1 fully saturated rings. The van der Waals surface area contributed by atoms with Crippen molar-refractivity contribution in [3.05, 3.63) is 36.2 Å². The van der Waals surface area contributed by atoms with Gasteiger partial charge in [-0.15, -0.1) is 0 Å². The molecule has 0 saturated carbocycles. The van der Waals surface area contributed by atoms with Crippen molar-refractivity contribution in [1.82, 2.24) is 15.0 Å². The third kappa shape index (κ3) is 3.19. The van der Waals surface area contributed by atoms with E-state index in [1.54, 1.807) is 11.8 Å². The van der Waals surface area contributed by atoms with Crippen LogP contribution in [0.25, 0.3) is 11.4 Å². The largest absolute Gasteiger partial charge is 0.358 e. The number of thiocarbonyl (C=S) groups is 1. The zero-order valence-electron chi connectivity index (χ0n) is 11.0. The lowest BCUT2D eigenvalue weighted by atomic mass is 10.2. The van der Waals surface area contributed by atoms with Gasteiger partial charge in [-0.3, -0.25) is 0 Å². The van der Waals surface area contributed by atoms with Crippen LogP contribution in [0.15, 0.2) is 34.9 Å². The Morgan fingerprint density at radius 2 is 2.00 bits per heavy atom. The van der Waals surface area contributed by atoms with Crippen molar-refractivity contribution in [1.29, 1.82) is 0 Å². The molecule has 1 aromatic carbocycles. The lowest BCUT2D eigenvalue weighted by Gasteiger charge is -2.16. The van der Waals surface area contributed by atoms with Crippen LogP contribution in [-0.4, -0.2) is 32.5 Å². The van der Waals surface area contributed by atoms with Gasteiger partial charge >= 0.3 is 0 Å². The van der Waals surface area contributed by atoms with Crippen LogP contribution in [0.4, 0.5) is 0 Å². The van der Waals surface area contributed by atoms with Crippen LogP contribution >= 0.6 is 24.0 Å². The Bertz CT molecular complexity index is 579. The van der Waals surface area contributed by atoms with Gasteiger partial charge in [0.25, 0.3) is 0 Å². The molecule has 0 bridgehead atoms. The van der Waals surface area contributed by atoms with Crippen LogP contribution in [0.5, 0.6) is 0 Å². The Morgan fingerprint density at radius 1 is 1.25 bits per heavy atom. The maximum Gasteiger partial charge on any atom is 0.237 e. The number of hydrogen-bond acceptors (Lipinski definition) is 5. The quantitative estimate of drug-likeness (QED) is 0.810. The summed E-state index contributed by atoms with van der Waals surface area (Å²) in [4.78, 5) is 6.65. The summed E-state index contributed by atoms with van der Waals surface area (Å²) in [5.74, 6) is 1.89. The summed E-state index contributed by atoms with van der Waals surface area (Å²) in [6.07, 6.45) is 2.47. The highest BCUT2D eigenvalue weighted by atomic mass is 32.2. The summed E-state index contributed by atoms with van der Waals surface area (Å²) in [5.41, 5.74) is 0.967. The molecule has 1 aromatic heterocycles. The van der Waals surface area contributed by atoms with Crippen molar-refractivity contribution in [3.8, 4) is 11.4 Å². The minimum atomic E-state index is 0.621. The van der Waals surface area contributed by atoms with Gasteiger partial charge in [0.1, 0.15) is 4.32 Å². The first-order chi connectivity index (χ1) is 9.83. The fourth-order valence-electron chi connectivity index (χ4n) is 2.13. The standard InChI is InChI=1S/C14H15N3OS2/c19-14(17-8-4-5-9-17)20-10-12-15-13(16-18-12)11-6-2-1-3-7-11/h1-3,6-7H,4-5,8-10H2. The summed E-state index contributed by atoms with van der Waals surface area (Å²) >= 11 is 7.01. The summed E-state index contributed by atoms with van der Waals surface area (Å²) < 4.78 is 6.20. The van der Waals surface area contributed by atoms with E-state index >= 15 is 0 Å². The van der Waals surface area contributed by atoms with E-state index in [0.29, 0.717) is 17.5 Å². The van der Waals surface area contributed by atoms with Crippen LogP contribution in [0.3, 0.4) is 0 Å². The second-order valence-corrected chi connectivity index (χ2v) is 6.24. The molecule has 2 aromatic rings. The van der Waals surface area contributed by atoms with E-state index in [-0.39, 0.29) is 0 Å². The Labute approximate surface area is 127 Å². The second-order valence-electron chi connectivity index (χ2n) is 4.63. The van der Waals surface area contributed by atoms with E-state index in [2.05, 4.69) is 15.0 Å². The number of aromatic nitrogens is 2. The molecule has 1 aliphatic rings. The van der Waals surface area contributed by atoms with Crippen molar-refractivity contribution < 1.29 is 4.52 Å². The highest BCUT2D eigenvalue weighted by Gasteiger charge is 2.16. The molecule has 0 atom stereocenters. The Morgan fingerprint density at radius 3 is 2.75 bits per heavy atom. The number of rotatable bonds is 3. The Hall–Kier alpha value is -1.40. The molecule has 3 rings (SSSR count). The molecule has 2 heterocycles. The van der Waals surface area contributed by atoms with Crippen LogP contribution in [0.1, 0.15) is 18.7 Å². The maximum atomic E-state index is 5.41. The summed E-state index contributed by atoms with van der Waals surface area (Å²) in [7, 11) is 0. The number of likely N-dealkylation sites (tertiary alicyclic amines) is 1. The van der Waals surface area contributed by atoms with Crippen LogP contribution in [0.2, 0.25) is 0 Å². The van der Waals surface area contributed by atoms with Gasteiger partial charge in [-0.25, -0.2) is 0 Å². The topological polar surface area (TPSA) is 42.2 Å². The second kappa shape index (κ2) is 6.37. The van der Waals surface area contributed by atoms with Gasteiger partial charge in [0.15, 0.2) is 0 Å². The van der Waals surface area contributed by atoms with Gasteiger partial charge in [0.2, 0.25) is 11.7 Å². The molecule has 0 N–H and O–H groups in total.